The predicted molar refractivity (Wildman–Crippen MR) is 119 cm³/mol. The summed E-state index contributed by atoms with van der Waals surface area (Å²) >= 11 is 0. The number of ether oxygens (including phenoxy) is 6. The molecule has 2 aliphatic heterocycles. The molecule has 0 radical (unpaired) electrons. The first-order valence-electron chi connectivity index (χ1n) is 11.3. The fraction of sp³-hybridized carbons (Fsp3) is 0.542. The van der Waals surface area contributed by atoms with E-state index in [4.69, 9.17) is 28.4 Å². The Morgan fingerprint density at radius 1 is 1.00 bits per heavy atom. The minimum Gasteiger partial charge on any atom is -0.463 e. The number of carbonyl (C=O) groups is 5. The van der Waals surface area contributed by atoms with Crippen molar-refractivity contribution >= 4 is 29.8 Å². The Morgan fingerprint density at radius 3 is 2.28 bits per heavy atom. The highest BCUT2D eigenvalue weighted by atomic mass is 16.7. The van der Waals surface area contributed by atoms with Crippen molar-refractivity contribution in [2.45, 2.75) is 71.4 Å². The maximum Gasteiger partial charge on any atom is 0.331 e. The molecule has 1 N–H and O–H groups in total. The van der Waals surface area contributed by atoms with Gasteiger partial charge in [-0.05, 0) is 19.1 Å². The van der Waals surface area contributed by atoms with Crippen LogP contribution < -0.4 is 5.32 Å². The minimum absolute atomic E-state index is 0.160. The SMILES string of the molecule is CC(=O)N[C@H]1[C@H](OC2=C[C@H]3OC(=O)C=C(C)[C@@H]3C=C2)O[C@H](COC(C)=O)[C@@H](OC(C)=O)[C@@H]1OC(C)=O. The van der Waals surface area contributed by atoms with Gasteiger partial charge in [0.15, 0.2) is 12.2 Å². The summed E-state index contributed by atoms with van der Waals surface area (Å²) in [4.78, 5) is 59.1. The third-order valence-corrected chi connectivity index (χ3v) is 5.60. The van der Waals surface area contributed by atoms with E-state index in [1.807, 2.05) is 6.92 Å². The van der Waals surface area contributed by atoms with Crippen molar-refractivity contribution in [3.63, 3.8) is 0 Å². The maximum absolute atomic E-state index is 12.0. The van der Waals surface area contributed by atoms with E-state index in [9.17, 15) is 24.0 Å². The second kappa shape index (κ2) is 11.4. The standard InChI is InChI=1S/C24H29NO11/c1-11-8-20(30)35-18-9-16(6-7-17(11)18)34-24-21(25-12(2)26)23(33-15(5)29)22(32-14(4)28)19(36-24)10-31-13(3)27/h6-9,17-19,21-24H,10H2,1-5H3,(H,25,26)/t17-,18+,19+,21+,22+,23+,24+/m0/s1. The Kier molecular flexibility index (Phi) is 8.51. The Hall–Kier alpha value is -3.67. The molecule has 12 heteroatoms. The first-order chi connectivity index (χ1) is 16.9. The average Bonchev–Trinajstić information content (AvgIpc) is 2.75. The van der Waals surface area contributed by atoms with E-state index < -0.39 is 66.5 Å². The molecule has 3 rings (SSSR count). The Balaban J connectivity index is 1.93. The molecule has 0 saturated carbocycles. The van der Waals surface area contributed by atoms with Crippen LogP contribution in [0.15, 0.2) is 35.6 Å². The number of hydrogen-bond donors (Lipinski definition) is 1. The lowest BCUT2D eigenvalue weighted by atomic mass is 9.88. The number of allylic oxidation sites excluding steroid dienone is 1. The molecule has 0 aromatic rings. The van der Waals surface area contributed by atoms with Crippen LogP contribution in [0.2, 0.25) is 0 Å². The summed E-state index contributed by atoms with van der Waals surface area (Å²) in [6, 6.07) is -1.12. The topological polar surface area (TPSA) is 153 Å². The zero-order valence-corrected chi connectivity index (χ0v) is 20.5. The summed E-state index contributed by atoms with van der Waals surface area (Å²) in [5.41, 5.74) is 0.827. The van der Waals surface area contributed by atoms with E-state index in [1.165, 1.54) is 19.9 Å². The third kappa shape index (κ3) is 6.72. The average molecular weight is 507 g/mol. The van der Waals surface area contributed by atoms with Crippen LogP contribution in [-0.2, 0) is 52.4 Å². The summed E-state index contributed by atoms with van der Waals surface area (Å²) in [6.45, 7) is 6.21. The van der Waals surface area contributed by atoms with Gasteiger partial charge in [0.05, 0.1) is 0 Å². The monoisotopic (exact) mass is 507 g/mol. The molecule has 1 aliphatic carbocycles. The molecular formula is C24H29NO11. The number of esters is 4. The van der Waals surface area contributed by atoms with Crippen LogP contribution >= 0.6 is 0 Å². The van der Waals surface area contributed by atoms with Crippen LogP contribution in [0.4, 0.5) is 0 Å². The summed E-state index contributed by atoms with van der Waals surface area (Å²) < 4.78 is 33.2. The van der Waals surface area contributed by atoms with Gasteiger partial charge in [-0.15, -0.1) is 0 Å². The summed E-state index contributed by atoms with van der Waals surface area (Å²) in [7, 11) is 0. The highest BCUT2D eigenvalue weighted by Crippen LogP contribution is 2.33. The van der Waals surface area contributed by atoms with E-state index >= 15 is 0 Å². The van der Waals surface area contributed by atoms with Crippen LogP contribution in [0.5, 0.6) is 0 Å². The summed E-state index contributed by atoms with van der Waals surface area (Å²) in [5.74, 6) is -2.91. The Labute approximate surface area is 207 Å². The van der Waals surface area contributed by atoms with Crippen LogP contribution in [0, 0.1) is 5.92 Å². The molecule has 2 heterocycles. The molecule has 0 bridgehead atoms. The molecule has 36 heavy (non-hydrogen) atoms. The van der Waals surface area contributed by atoms with E-state index in [2.05, 4.69) is 5.32 Å². The lowest BCUT2D eigenvalue weighted by Gasteiger charge is -2.45. The van der Waals surface area contributed by atoms with Gasteiger partial charge in [0.2, 0.25) is 12.2 Å². The molecule has 12 nitrogen and oxygen atoms in total. The van der Waals surface area contributed by atoms with Gasteiger partial charge < -0.3 is 33.7 Å². The van der Waals surface area contributed by atoms with Crippen molar-refractivity contribution < 1.29 is 52.4 Å². The molecular weight excluding hydrogens is 478 g/mol. The molecule has 0 spiro atoms. The molecule has 196 valence electrons. The Bertz CT molecular complexity index is 1010. The van der Waals surface area contributed by atoms with Crippen molar-refractivity contribution in [1.29, 1.82) is 0 Å². The zero-order chi connectivity index (χ0) is 26.6. The molecule has 0 aromatic heterocycles. The summed E-state index contributed by atoms with van der Waals surface area (Å²) in [6.07, 6.45) is 1.02. The van der Waals surface area contributed by atoms with Crippen molar-refractivity contribution in [3.05, 3.63) is 35.6 Å². The predicted octanol–water partition coefficient (Wildman–Crippen LogP) is 0.601. The van der Waals surface area contributed by atoms with E-state index in [-0.39, 0.29) is 18.3 Å². The van der Waals surface area contributed by atoms with Gasteiger partial charge >= 0.3 is 23.9 Å². The fourth-order valence-corrected chi connectivity index (χ4v) is 4.20. The van der Waals surface area contributed by atoms with Crippen LogP contribution in [0.1, 0.15) is 34.6 Å². The van der Waals surface area contributed by atoms with Gasteiger partial charge in [0, 0.05) is 39.7 Å². The smallest absolute Gasteiger partial charge is 0.331 e. The number of amides is 1. The lowest BCUT2D eigenvalue weighted by molar-refractivity contribution is -0.268. The van der Waals surface area contributed by atoms with Gasteiger partial charge in [0.25, 0.3) is 0 Å². The largest absolute Gasteiger partial charge is 0.463 e. The number of fused-ring (bicyclic) bond motifs is 1. The third-order valence-electron chi connectivity index (χ3n) is 5.60. The quantitative estimate of drug-likeness (QED) is 0.381. The van der Waals surface area contributed by atoms with Crippen LogP contribution in [0.3, 0.4) is 0 Å². The number of carbonyl (C=O) groups excluding carboxylic acids is 5. The van der Waals surface area contributed by atoms with E-state index in [0.717, 1.165) is 19.4 Å². The molecule has 1 amide bonds. The van der Waals surface area contributed by atoms with Crippen molar-refractivity contribution in [2.75, 3.05) is 6.61 Å². The molecule has 1 fully saturated rings. The van der Waals surface area contributed by atoms with Gasteiger partial charge in [-0.1, -0.05) is 11.6 Å². The normalized spacial score (nSPS) is 31.0. The van der Waals surface area contributed by atoms with Gasteiger partial charge in [0.1, 0.15) is 30.6 Å². The van der Waals surface area contributed by atoms with Gasteiger partial charge in [-0.3, -0.25) is 19.2 Å². The maximum atomic E-state index is 12.0. The fourth-order valence-electron chi connectivity index (χ4n) is 4.20. The molecule has 0 aromatic carbocycles. The van der Waals surface area contributed by atoms with E-state index in [1.54, 1.807) is 18.2 Å². The van der Waals surface area contributed by atoms with Crippen molar-refractivity contribution in [3.8, 4) is 0 Å². The Morgan fingerprint density at radius 2 is 1.67 bits per heavy atom. The first-order valence-corrected chi connectivity index (χ1v) is 11.3. The van der Waals surface area contributed by atoms with E-state index in [0.29, 0.717) is 0 Å². The minimum atomic E-state index is -1.27. The molecule has 3 aliphatic rings. The molecule has 7 atom stereocenters. The van der Waals surface area contributed by atoms with Crippen LogP contribution in [-0.4, -0.2) is 73.1 Å². The molecule has 0 unspecified atom stereocenters. The second-order valence-electron chi connectivity index (χ2n) is 8.58. The number of nitrogens with one attached hydrogen (secondary N) is 1. The highest BCUT2D eigenvalue weighted by molar-refractivity contribution is 5.84. The molecule has 1 saturated heterocycles. The van der Waals surface area contributed by atoms with Gasteiger partial charge in [-0.2, -0.15) is 0 Å². The first kappa shape index (κ1) is 26.9. The second-order valence-corrected chi connectivity index (χ2v) is 8.58. The number of rotatable bonds is 7. The van der Waals surface area contributed by atoms with Crippen molar-refractivity contribution in [2.24, 2.45) is 5.92 Å². The summed E-state index contributed by atoms with van der Waals surface area (Å²) in [5, 5.41) is 2.62. The number of hydrogen-bond acceptors (Lipinski definition) is 11. The van der Waals surface area contributed by atoms with Crippen molar-refractivity contribution in [1.82, 2.24) is 5.32 Å². The lowest BCUT2D eigenvalue weighted by Crippen LogP contribution is -2.66. The zero-order valence-electron chi connectivity index (χ0n) is 20.5. The highest BCUT2D eigenvalue weighted by Gasteiger charge is 2.52. The van der Waals surface area contributed by atoms with Crippen LogP contribution in [0.25, 0.3) is 0 Å². The van der Waals surface area contributed by atoms with Gasteiger partial charge in [-0.25, -0.2) is 4.79 Å².